The topological polar surface area (TPSA) is 70.0 Å². The Labute approximate surface area is 70.2 Å². The Bertz CT molecular complexity index is 276. The van der Waals surface area contributed by atoms with Crippen molar-refractivity contribution in [3.8, 4) is 0 Å². The lowest BCUT2D eigenvalue weighted by Gasteiger charge is -2.02. The average molecular weight is 166 g/mol. The molecule has 4 heteroatoms. The zero-order valence-corrected chi connectivity index (χ0v) is 6.51. The van der Waals surface area contributed by atoms with Gasteiger partial charge in [-0.1, -0.05) is 0 Å². The first-order valence-electron chi connectivity index (χ1n) is 3.61. The van der Waals surface area contributed by atoms with Gasteiger partial charge >= 0.3 is 0 Å². The Hall–Kier alpha value is -1.42. The van der Waals surface area contributed by atoms with Gasteiger partial charge in [0, 0.05) is 18.1 Å². The van der Waals surface area contributed by atoms with E-state index in [1.165, 1.54) is 12.4 Å². The number of nitrogens with two attached hydrogens (primary N) is 1. The number of carbonyl (C=O) groups is 1. The van der Waals surface area contributed by atoms with Gasteiger partial charge < -0.3 is 15.7 Å². The van der Waals surface area contributed by atoms with E-state index < -0.39 is 6.04 Å². The van der Waals surface area contributed by atoms with Gasteiger partial charge in [-0.05, 0) is 6.07 Å². The van der Waals surface area contributed by atoms with Crippen LogP contribution in [0.15, 0.2) is 24.5 Å². The lowest BCUT2D eigenvalue weighted by molar-refractivity contribution is -0.605. The van der Waals surface area contributed by atoms with Crippen molar-refractivity contribution in [3.05, 3.63) is 35.3 Å². The number of aromatic nitrogens is 1. The minimum atomic E-state index is -0.521. The third-order valence-electron chi connectivity index (χ3n) is 1.48. The summed E-state index contributed by atoms with van der Waals surface area (Å²) >= 11 is 0. The highest BCUT2D eigenvalue weighted by Gasteiger charge is 2.03. The van der Waals surface area contributed by atoms with Crippen LogP contribution < -0.4 is 10.5 Å². The maximum atomic E-state index is 10.7. The number of nitrogens with zero attached hydrogens (tertiary/aromatic N) is 1. The molecule has 1 atom stereocenters. The normalized spacial score (nSPS) is 12.4. The van der Waals surface area contributed by atoms with Crippen molar-refractivity contribution in [2.75, 3.05) is 0 Å². The molecule has 1 heterocycles. The van der Waals surface area contributed by atoms with Crippen molar-refractivity contribution in [2.45, 2.75) is 12.5 Å². The van der Waals surface area contributed by atoms with Crippen LogP contribution in [0.4, 0.5) is 0 Å². The van der Waals surface area contributed by atoms with E-state index in [0.717, 1.165) is 5.56 Å². The van der Waals surface area contributed by atoms with Crippen LogP contribution in [0.2, 0.25) is 0 Å². The van der Waals surface area contributed by atoms with Crippen molar-refractivity contribution in [1.82, 2.24) is 0 Å². The van der Waals surface area contributed by atoms with Crippen LogP contribution >= 0.6 is 0 Å². The number of carbonyl (C=O) groups excluding carboxylic acids is 1. The van der Waals surface area contributed by atoms with E-state index >= 15 is 0 Å². The van der Waals surface area contributed by atoms with E-state index in [0.29, 0.717) is 17.4 Å². The first-order chi connectivity index (χ1) is 5.72. The van der Waals surface area contributed by atoms with E-state index in [-0.39, 0.29) is 0 Å². The average Bonchev–Trinajstić information content (AvgIpc) is 2.04. The minimum absolute atomic E-state index is 0.409. The third kappa shape index (κ3) is 2.32. The fourth-order valence-electron chi connectivity index (χ4n) is 0.942. The summed E-state index contributed by atoms with van der Waals surface area (Å²) in [6.07, 6.45) is 3.87. The van der Waals surface area contributed by atoms with Crippen LogP contribution in [-0.4, -0.2) is 12.3 Å². The molecule has 0 bridgehead atoms. The molecule has 4 nitrogen and oxygen atoms in total. The fraction of sp³-hybridized carbons (Fsp3) is 0.250. The van der Waals surface area contributed by atoms with Crippen LogP contribution in [0.3, 0.4) is 0 Å². The summed E-state index contributed by atoms with van der Waals surface area (Å²) < 4.78 is 0.687. The largest absolute Gasteiger partial charge is 0.619 e. The molecule has 1 rings (SSSR count). The number of aldehydes is 1. The van der Waals surface area contributed by atoms with Crippen molar-refractivity contribution >= 4 is 6.29 Å². The summed E-state index contributed by atoms with van der Waals surface area (Å²) in [4.78, 5) is 10.2. The standard InChI is InChI=1S/C8H10N2O2/c9-8(6-11)4-7-2-1-3-10(12)5-7/h1-3,5-6,8H,4,9H2/t8-/m1/s1. The monoisotopic (exact) mass is 166 g/mol. The summed E-state index contributed by atoms with van der Waals surface area (Å²) in [5, 5.41) is 10.7. The van der Waals surface area contributed by atoms with Crippen molar-refractivity contribution < 1.29 is 9.52 Å². The van der Waals surface area contributed by atoms with Gasteiger partial charge in [0.1, 0.15) is 6.29 Å². The second kappa shape index (κ2) is 3.82. The Balaban J connectivity index is 2.69. The molecule has 2 N–H and O–H groups in total. The second-order valence-corrected chi connectivity index (χ2v) is 2.58. The predicted octanol–water partition coefficient (Wildman–Crippen LogP) is -0.611. The van der Waals surface area contributed by atoms with Crippen LogP contribution in [0.1, 0.15) is 5.56 Å². The number of pyridine rings is 1. The van der Waals surface area contributed by atoms with Gasteiger partial charge in [-0.2, -0.15) is 4.73 Å². The third-order valence-corrected chi connectivity index (χ3v) is 1.48. The first kappa shape index (κ1) is 8.67. The van der Waals surface area contributed by atoms with E-state index in [1.807, 2.05) is 0 Å². The quantitative estimate of drug-likeness (QED) is 0.370. The van der Waals surface area contributed by atoms with Crippen molar-refractivity contribution in [1.29, 1.82) is 0 Å². The van der Waals surface area contributed by atoms with Crippen LogP contribution in [0.25, 0.3) is 0 Å². The lowest BCUT2D eigenvalue weighted by Crippen LogP contribution is -2.28. The van der Waals surface area contributed by atoms with E-state index in [2.05, 4.69) is 0 Å². The molecule has 0 radical (unpaired) electrons. The number of hydrogen-bond donors (Lipinski definition) is 1. The molecule has 0 aromatic carbocycles. The second-order valence-electron chi connectivity index (χ2n) is 2.58. The van der Waals surface area contributed by atoms with Gasteiger partial charge in [0.15, 0.2) is 12.4 Å². The van der Waals surface area contributed by atoms with Gasteiger partial charge in [-0.15, -0.1) is 0 Å². The Morgan fingerprint density at radius 1 is 1.75 bits per heavy atom. The highest BCUT2D eigenvalue weighted by Crippen LogP contribution is 1.96. The summed E-state index contributed by atoms with van der Waals surface area (Å²) in [5.74, 6) is 0. The summed E-state index contributed by atoms with van der Waals surface area (Å²) in [6.45, 7) is 0. The predicted molar refractivity (Wildman–Crippen MR) is 43.1 cm³/mol. The molecule has 0 amide bonds. The molecule has 64 valence electrons. The first-order valence-corrected chi connectivity index (χ1v) is 3.61. The van der Waals surface area contributed by atoms with Gasteiger partial charge in [0.25, 0.3) is 0 Å². The van der Waals surface area contributed by atoms with Gasteiger partial charge in [0.2, 0.25) is 0 Å². The Kier molecular flexibility index (Phi) is 2.76. The molecular formula is C8H10N2O2. The molecule has 1 aromatic heterocycles. The highest BCUT2D eigenvalue weighted by atomic mass is 16.5. The van der Waals surface area contributed by atoms with Gasteiger partial charge in [0.05, 0.1) is 6.04 Å². The summed E-state index contributed by atoms with van der Waals surface area (Å²) in [5.41, 5.74) is 6.15. The molecule has 0 aliphatic heterocycles. The minimum Gasteiger partial charge on any atom is -0.619 e. The molecule has 0 saturated heterocycles. The fourth-order valence-corrected chi connectivity index (χ4v) is 0.942. The molecule has 0 fully saturated rings. The summed E-state index contributed by atoms with van der Waals surface area (Å²) in [7, 11) is 0. The van der Waals surface area contributed by atoms with Gasteiger partial charge in [-0.25, -0.2) is 0 Å². The van der Waals surface area contributed by atoms with Gasteiger partial charge in [-0.3, -0.25) is 0 Å². The Morgan fingerprint density at radius 3 is 3.08 bits per heavy atom. The van der Waals surface area contributed by atoms with Crippen molar-refractivity contribution in [2.24, 2.45) is 5.73 Å². The SMILES string of the molecule is N[C@@H](C=O)Cc1ccc[n+]([O-])c1. The van der Waals surface area contributed by atoms with Crippen LogP contribution in [0.5, 0.6) is 0 Å². The smallest absolute Gasteiger partial charge is 0.183 e. The van der Waals surface area contributed by atoms with E-state index in [1.54, 1.807) is 12.1 Å². The zero-order chi connectivity index (χ0) is 8.97. The maximum absolute atomic E-state index is 10.7. The summed E-state index contributed by atoms with van der Waals surface area (Å²) in [6, 6.07) is 2.87. The Morgan fingerprint density at radius 2 is 2.50 bits per heavy atom. The molecule has 0 spiro atoms. The number of rotatable bonds is 3. The lowest BCUT2D eigenvalue weighted by atomic mass is 10.1. The molecule has 1 aromatic rings. The molecule has 12 heavy (non-hydrogen) atoms. The maximum Gasteiger partial charge on any atom is 0.183 e. The number of hydrogen-bond acceptors (Lipinski definition) is 3. The van der Waals surface area contributed by atoms with E-state index in [9.17, 15) is 10.0 Å². The molecule has 0 unspecified atom stereocenters. The zero-order valence-electron chi connectivity index (χ0n) is 6.51. The molecule has 0 aliphatic rings. The van der Waals surface area contributed by atoms with Crippen LogP contribution in [-0.2, 0) is 11.2 Å². The molecule has 0 saturated carbocycles. The van der Waals surface area contributed by atoms with E-state index in [4.69, 9.17) is 5.73 Å². The molecule has 0 aliphatic carbocycles. The highest BCUT2D eigenvalue weighted by molar-refractivity contribution is 5.57. The molecular weight excluding hydrogens is 156 g/mol. The van der Waals surface area contributed by atoms with Crippen LogP contribution in [0, 0.1) is 5.21 Å². The van der Waals surface area contributed by atoms with Crippen molar-refractivity contribution in [3.63, 3.8) is 0 Å².